The van der Waals surface area contributed by atoms with E-state index in [1.54, 1.807) is 12.1 Å². The minimum atomic E-state index is -0.178. The number of aromatic nitrogens is 4. The van der Waals surface area contributed by atoms with Crippen LogP contribution in [0.2, 0.25) is 5.02 Å². The van der Waals surface area contributed by atoms with Gasteiger partial charge in [-0.25, -0.2) is 4.98 Å². The lowest BCUT2D eigenvalue weighted by Crippen LogP contribution is -2.15. The van der Waals surface area contributed by atoms with Crippen molar-refractivity contribution in [1.82, 2.24) is 19.7 Å². The SMILES string of the molecule is CCCCOc1ccc(-c2nnc(SCC(=O)Nc3ccc(Cl)cn3)n2C)cc1. The van der Waals surface area contributed by atoms with Gasteiger partial charge in [-0.3, -0.25) is 4.79 Å². The number of amides is 1. The summed E-state index contributed by atoms with van der Waals surface area (Å²) in [7, 11) is 1.88. The Morgan fingerprint density at radius 1 is 1.21 bits per heavy atom. The number of thioether (sulfide) groups is 1. The second-order valence-electron chi connectivity index (χ2n) is 6.29. The third-order valence-electron chi connectivity index (χ3n) is 4.04. The minimum absolute atomic E-state index is 0.178. The monoisotopic (exact) mass is 431 g/mol. The lowest BCUT2D eigenvalue weighted by Gasteiger charge is -2.07. The van der Waals surface area contributed by atoms with Gasteiger partial charge in [-0.2, -0.15) is 0 Å². The molecule has 3 rings (SSSR count). The Labute approximate surface area is 178 Å². The number of ether oxygens (including phenoxy) is 1. The molecule has 0 aliphatic heterocycles. The van der Waals surface area contributed by atoms with E-state index >= 15 is 0 Å². The van der Waals surface area contributed by atoms with Gasteiger partial charge in [0.25, 0.3) is 0 Å². The zero-order valence-corrected chi connectivity index (χ0v) is 17.8. The lowest BCUT2D eigenvalue weighted by atomic mass is 10.2. The molecule has 2 heterocycles. The van der Waals surface area contributed by atoms with Crippen molar-refractivity contribution in [2.75, 3.05) is 17.7 Å². The van der Waals surface area contributed by atoms with Crippen LogP contribution in [0.25, 0.3) is 11.4 Å². The van der Waals surface area contributed by atoms with Crippen LogP contribution in [0.3, 0.4) is 0 Å². The molecule has 0 unspecified atom stereocenters. The first-order valence-corrected chi connectivity index (χ1v) is 10.6. The Hall–Kier alpha value is -2.58. The van der Waals surface area contributed by atoms with E-state index < -0.39 is 0 Å². The van der Waals surface area contributed by atoms with E-state index in [2.05, 4.69) is 27.4 Å². The first-order chi connectivity index (χ1) is 14.1. The van der Waals surface area contributed by atoms with Crippen molar-refractivity contribution >= 4 is 35.1 Å². The second-order valence-corrected chi connectivity index (χ2v) is 7.67. The average Bonchev–Trinajstić information content (AvgIpc) is 3.09. The molecule has 1 aromatic carbocycles. The molecule has 1 N–H and O–H groups in total. The highest BCUT2D eigenvalue weighted by Gasteiger charge is 2.13. The summed E-state index contributed by atoms with van der Waals surface area (Å²) in [5, 5.41) is 12.3. The number of rotatable bonds is 9. The highest BCUT2D eigenvalue weighted by Crippen LogP contribution is 2.24. The predicted molar refractivity (Wildman–Crippen MR) is 115 cm³/mol. The normalized spacial score (nSPS) is 10.7. The number of nitrogens with zero attached hydrogens (tertiary/aromatic N) is 4. The Balaban J connectivity index is 1.57. The Kier molecular flexibility index (Phi) is 7.48. The molecule has 9 heteroatoms. The third kappa shape index (κ3) is 5.95. The largest absolute Gasteiger partial charge is 0.494 e. The molecule has 0 atom stereocenters. The van der Waals surface area contributed by atoms with Crippen LogP contribution in [-0.4, -0.2) is 38.0 Å². The van der Waals surface area contributed by atoms with Crippen LogP contribution in [0.4, 0.5) is 5.82 Å². The van der Waals surface area contributed by atoms with Crippen molar-refractivity contribution in [2.45, 2.75) is 24.9 Å². The molecule has 0 spiro atoms. The van der Waals surface area contributed by atoms with Crippen LogP contribution in [0.1, 0.15) is 19.8 Å². The van der Waals surface area contributed by atoms with Crippen LogP contribution in [-0.2, 0) is 11.8 Å². The number of benzene rings is 1. The van der Waals surface area contributed by atoms with E-state index in [9.17, 15) is 4.79 Å². The number of hydrogen-bond donors (Lipinski definition) is 1. The van der Waals surface area contributed by atoms with Gasteiger partial charge in [0.2, 0.25) is 5.91 Å². The molecule has 2 aromatic heterocycles. The van der Waals surface area contributed by atoms with E-state index in [1.165, 1.54) is 18.0 Å². The Bertz CT molecular complexity index is 945. The first kappa shape index (κ1) is 21.1. The maximum Gasteiger partial charge on any atom is 0.236 e. The molecule has 7 nitrogen and oxygen atoms in total. The summed E-state index contributed by atoms with van der Waals surface area (Å²) < 4.78 is 7.56. The van der Waals surface area contributed by atoms with Crippen LogP contribution in [0.15, 0.2) is 47.8 Å². The molecular weight excluding hydrogens is 410 g/mol. The Morgan fingerprint density at radius 2 is 2.00 bits per heavy atom. The summed E-state index contributed by atoms with van der Waals surface area (Å²) in [6, 6.07) is 11.1. The van der Waals surface area contributed by atoms with Gasteiger partial charge in [0.05, 0.1) is 17.4 Å². The van der Waals surface area contributed by atoms with Gasteiger partial charge in [0.15, 0.2) is 11.0 Å². The summed E-state index contributed by atoms with van der Waals surface area (Å²) in [6.45, 7) is 2.85. The third-order valence-corrected chi connectivity index (χ3v) is 5.29. The molecular formula is C20H22ClN5O2S. The number of anilines is 1. The molecule has 29 heavy (non-hydrogen) atoms. The summed E-state index contributed by atoms with van der Waals surface area (Å²) in [5.74, 6) is 2.04. The number of hydrogen-bond acceptors (Lipinski definition) is 6. The fourth-order valence-electron chi connectivity index (χ4n) is 2.49. The molecule has 0 aliphatic carbocycles. The van der Waals surface area contributed by atoms with Crippen molar-refractivity contribution in [3.05, 3.63) is 47.6 Å². The number of carbonyl (C=O) groups excluding carboxylic acids is 1. The summed E-state index contributed by atoms with van der Waals surface area (Å²) in [5.41, 5.74) is 0.935. The molecule has 1 amide bonds. The van der Waals surface area contributed by atoms with E-state index in [1.807, 2.05) is 35.9 Å². The van der Waals surface area contributed by atoms with E-state index in [4.69, 9.17) is 16.3 Å². The molecule has 0 saturated carbocycles. The zero-order chi connectivity index (χ0) is 20.6. The standard InChI is InChI=1S/C20H22ClN5O2S/c1-3-4-11-28-16-8-5-14(6-9-16)19-24-25-20(26(19)2)29-13-18(27)23-17-10-7-15(21)12-22-17/h5-10,12H,3-4,11,13H2,1-2H3,(H,22,23,27). The predicted octanol–water partition coefficient (Wildman–Crippen LogP) is 4.44. The number of nitrogens with one attached hydrogen (secondary N) is 1. The van der Waals surface area contributed by atoms with Gasteiger partial charge in [-0.05, 0) is 42.8 Å². The molecule has 0 bridgehead atoms. The zero-order valence-electron chi connectivity index (χ0n) is 16.3. The van der Waals surface area contributed by atoms with Gasteiger partial charge in [-0.15, -0.1) is 10.2 Å². The van der Waals surface area contributed by atoms with Gasteiger partial charge in [0, 0.05) is 18.8 Å². The number of unbranched alkanes of at least 4 members (excludes halogenated alkanes) is 1. The lowest BCUT2D eigenvalue weighted by molar-refractivity contribution is -0.113. The van der Waals surface area contributed by atoms with Crippen LogP contribution in [0.5, 0.6) is 5.75 Å². The summed E-state index contributed by atoms with van der Waals surface area (Å²) in [6.07, 6.45) is 3.62. The van der Waals surface area contributed by atoms with Crippen LogP contribution in [0, 0.1) is 0 Å². The van der Waals surface area contributed by atoms with Crippen molar-refractivity contribution in [1.29, 1.82) is 0 Å². The van der Waals surface area contributed by atoms with Gasteiger partial charge >= 0.3 is 0 Å². The maximum absolute atomic E-state index is 12.1. The van der Waals surface area contributed by atoms with Crippen molar-refractivity contribution in [2.24, 2.45) is 7.05 Å². The minimum Gasteiger partial charge on any atom is -0.494 e. The van der Waals surface area contributed by atoms with Gasteiger partial charge in [0.1, 0.15) is 11.6 Å². The molecule has 0 radical (unpaired) electrons. The van der Waals surface area contributed by atoms with Gasteiger partial charge in [-0.1, -0.05) is 36.7 Å². The topological polar surface area (TPSA) is 81.9 Å². The number of carbonyl (C=O) groups is 1. The molecule has 0 saturated heterocycles. The number of pyridine rings is 1. The van der Waals surface area contributed by atoms with Crippen LogP contribution < -0.4 is 10.1 Å². The average molecular weight is 432 g/mol. The van der Waals surface area contributed by atoms with E-state index in [0.717, 1.165) is 30.0 Å². The maximum atomic E-state index is 12.1. The van der Waals surface area contributed by atoms with Crippen molar-refractivity contribution in [3.8, 4) is 17.1 Å². The summed E-state index contributed by atoms with van der Waals surface area (Å²) >= 11 is 7.10. The fraction of sp³-hybridized carbons (Fsp3) is 0.300. The quantitative estimate of drug-likeness (QED) is 0.398. The van der Waals surface area contributed by atoms with E-state index in [0.29, 0.717) is 22.6 Å². The van der Waals surface area contributed by atoms with E-state index in [-0.39, 0.29) is 11.7 Å². The molecule has 0 fully saturated rings. The second kappa shape index (κ2) is 10.3. The molecule has 152 valence electrons. The summed E-state index contributed by atoms with van der Waals surface area (Å²) in [4.78, 5) is 16.2. The van der Waals surface area contributed by atoms with Crippen LogP contribution >= 0.6 is 23.4 Å². The number of halogens is 1. The smallest absolute Gasteiger partial charge is 0.236 e. The highest BCUT2D eigenvalue weighted by atomic mass is 35.5. The van der Waals surface area contributed by atoms with Crippen molar-refractivity contribution in [3.63, 3.8) is 0 Å². The molecule has 3 aromatic rings. The van der Waals surface area contributed by atoms with Gasteiger partial charge < -0.3 is 14.6 Å². The van der Waals surface area contributed by atoms with Crippen molar-refractivity contribution < 1.29 is 9.53 Å². The highest BCUT2D eigenvalue weighted by molar-refractivity contribution is 7.99. The molecule has 0 aliphatic rings. The first-order valence-electron chi connectivity index (χ1n) is 9.23. The fourth-order valence-corrected chi connectivity index (χ4v) is 3.31. The Morgan fingerprint density at radius 3 is 2.69 bits per heavy atom.